The van der Waals surface area contributed by atoms with Crippen LogP contribution in [0.2, 0.25) is 0 Å². The number of unbranched alkanes of at least 4 members (excludes halogenated alkanes) is 1. The number of nitrogens with zero attached hydrogens (tertiary/aromatic N) is 4. The van der Waals surface area contributed by atoms with Crippen molar-refractivity contribution in [1.82, 2.24) is 25.2 Å². The van der Waals surface area contributed by atoms with E-state index in [0.717, 1.165) is 62.6 Å². The Kier molecular flexibility index (Phi) is 5.24. The van der Waals surface area contributed by atoms with Crippen LogP contribution in [0.3, 0.4) is 0 Å². The predicted molar refractivity (Wildman–Crippen MR) is 87.3 cm³/mol. The maximum atomic E-state index is 11.2. The summed E-state index contributed by atoms with van der Waals surface area (Å²) in [5, 5.41) is 11.0. The minimum absolute atomic E-state index is 0.292. The molecule has 24 heavy (non-hydrogen) atoms. The average molecular weight is 332 g/mol. The summed E-state index contributed by atoms with van der Waals surface area (Å²) < 4.78 is 5.29. The molecule has 0 saturated carbocycles. The van der Waals surface area contributed by atoms with E-state index in [0.29, 0.717) is 18.2 Å². The van der Waals surface area contributed by atoms with E-state index < -0.39 is 5.91 Å². The molecule has 3 rings (SSSR count). The number of nitrogens with two attached hydrogens (primary N) is 1. The van der Waals surface area contributed by atoms with Gasteiger partial charge in [0.2, 0.25) is 5.89 Å². The zero-order chi connectivity index (χ0) is 16.9. The van der Waals surface area contributed by atoms with Crippen LogP contribution in [0, 0.1) is 0 Å². The van der Waals surface area contributed by atoms with Crippen molar-refractivity contribution in [1.29, 1.82) is 0 Å². The molecule has 2 aromatic heterocycles. The molecule has 1 saturated heterocycles. The maximum absolute atomic E-state index is 11.2. The third-order valence-electron chi connectivity index (χ3n) is 4.41. The molecule has 0 aliphatic carbocycles. The Morgan fingerprint density at radius 2 is 2.42 bits per heavy atom. The first-order valence-electron chi connectivity index (χ1n) is 8.54. The number of hydrogen-bond donors (Lipinski definition) is 2. The Hall–Kier alpha value is -2.22. The van der Waals surface area contributed by atoms with Gasteiger partial charge in [0.15, 0.2) is 5.82 Å². The number of piperidine rings is 1. The first-order valence-corrected chi connectivity index (χ1v) is 8.54. The summed E-state index contributed by atoms with van der Waals surface area (Å²) in [7, 11) is 0. The molecule has 1 fully saturated rings. The van der Waals surface area contributed by atoms with Crippen molar-refractivity contribution in [2.24, 2.45) is 5.73 Å². The normalized spacial score (nSPS) is 18.8. The van der Waals surface area contributed by atoms with Crippen LogP contribution in [0.1, 0.15) is 66.4 Å². The number of rotatable bonds is 7. The minimum atomic E-state index is -0.503. The Morgan fingerprint density at radius 1 is 1.54 bits per heavy atom. The van der Waals surface area contributed by atoms with Crippen LogP contribution >= 0.6 is 0 Å². The molecule has 2 aromatic rings. The first-order chi connectivity index (χ1) is 11.7. The van der Waals surface area contributed by atoms with Crippen molar-refractivity contribution in [3.8, 4) is 0 Å². The van der Waals surface area contributed by atoms with E-state index in [1.165, 1.54) is 0 Å². The van der Waals surface area contributed by atoms with Crippen molar-refractivity contribution in [3.63, 3.8) is 0 Å². The zero-order valence-corrected chi connectivity index (χ0v) is 14.0. The second kappa shape index (κ2) is 7.57. The third kappa shape index (κ3) is 4.00. The van der Waals surface area contributed by atoms with E-state index in [1.54, 1.807) is 6.07 Å². The van der Waals surface area contributed by atoms with Gasteiger partial charge in [0, 0.05) is 24.6 Å². The van der Waals surface area contributed by atoms with E-state index in [1.807, 2.05) is 0 Å². The SMILES string of the molecule is CCCCc1nc(CN2CCCC(c3cc(C(N)=O)n[nH]3)C2)no1. The van der Waals surface area contributed by atoms with E-state index >= 15 is 0 Å². The number of carbonyl (C=O) groups is 1. The van der Waals surface area contributed by atoms with Crippen LogP contribution in [0.4, 0.5) is 0 Å². The molecule has 0 aromatic carbocycles. The molecule has 0 spiro atoms. The number of hydrogen-bond acceptors (Lipinski definition) is 6. The summed E-state index contributed by atoms with van der Waals surface area (Å²) in [5.74, 6) is 1.27. The van der Waals surface area contributed by atoms with Gasteiger partial charge in [0.05, 0.1) is 6.54 Å². The Bertz CT molecular complexity index is 680. The molecular weight excluding hydrogens is 308 g/mol. The lowest BCUT2D eigenvalue weighted by Gasteiger charge is -2.31. The molecule has 1 unspecified atom stereocenters. The molecule has 8 nitrogen and oxygen atoms in total. The zero-order valence-electron chi connectivity index (χ0n) is 14.0. The number of nitrogens with one attached hydrogen (secondary N) is 1. The van der Waals surface area contributed by atoms with Crippen molar-refractivity contribution in [2.75, 3.05) is 13.1 Å². The Balaban J connectivity index is 1.58. The highest BCUT2D eigenvalue weighted by atomic mass is 16.5. The summed E-state index contributed by atoms with van der Waals surface area (Å²) in [4.78, 5) is 18.0. The summed E-state index contributed by atoms with van der Waals surface area (Å²) in [6.07, 6.45) is 5.16. The molecule has 3 heterocycles. The largest absolute Gasteiger partial charge is 0.364 e. The first kappa shape index (κ1) is 16.6. The van der Waals surface area contributed by atoms with Crippen LogP contribution in [-0.4, -0.2) is 44.2 Å². The number of primary amides is 1. The average Bonchev–Trinajstić information content (AvgIpc) is 3.23. The summed E-state index contributed by atoms with van der Waals surface area (Å²) in [6, 6.07) is 1.76. The van der Waals surface area contributed by atoms with E-state index in [9.17, 15) is 4.79 Å². The van der Waals surface area contributed by atoms with Crippen LogP contribution in [0.5, 0.6) is 0 Å². The van der Waals surface area contributed by atoms with Crippen LogP contribution in [0.25, 0.3) is 0 Å². The molecular formula is C16H24N6O2. The molecule has 130 valence electrons. The van der Waals surface area contributed by atoms with Gasteiger partial charge >= 0.3 is 0 Å². The van der Waals surface area contributed by atoms with Crippen molar-refractivity contribution in [2.45, 2.75) is 51.5 Å². The monoisotopic (exact) mass is 332 g/mol. The number of H-pyrrole nitrogens is 1. The number of aromatic nitrogens is 4. The lowest BCUT2D eigenvalue weighted by atomic mass is 9.94. The van der Waals surface area contributed by atoms with Crippen LogP contribution in [-0.2, 0) is 13.0 Å². The molecule has 8 heteroatoms. The second-order valence-electron chi connectivity index (χ2n) is 6.35. The highest BCUT2D eigenvalue weighted by Gasteiger charge is 2.24. The van der Waals surface area contributed by atoms with E-state index in [-0.39, 0.29) is 0 Å². The fourth-order valence-electron chi connectivity index (χ4n) is 3.11. The molecule has 1 atom stereocenters. The number of aryl methyl sites for hydroxylation is 1. The fourth-order valence-corrected chi connectivity index (χ4v) is 3.11. The smallest absolute Gasteiger partial charge is 0.269 e. The second-order valence-corrected chi connectivity index (χ2v) is 6.35. The van der Waals surface area contributed by atoms with E-state index in [4.69, 9.17) is 10.3 Å². The minimum Gasteiger partial charge on any atom is -0.364 e. The highest BCUT2D eigenvalue weighted by molar-refractivity contribution is 5.90. The quantitative estimate of drug-likeness (QED) is 0.796. The van der Waals surface area contributed by atoms with Gasteiger partial charge in [-0.3, -0.25) is 14.8 Å². The molecule has 0 radical (unpaired) electrons. The highest BCUT2D eigenvalue weighted by Crippen LogP contribution is 2.26. The number of aromatic amines is 1. The number of amides is 1. The van der Waals surface area contributed by atoms with Gasteiger partial charge in [0.1, 0.15) is 5.69 Å². The Labute approximate surface area is 140 Å². The van der Waals surface area contributed by atoms with E-state index in [2.05, 4.69) is 32.2 Å². The molecule has 1 aliphatic rings. The van der Waals surface area contributed by atoms with Gasteiger partial charge in [0.25, 0.3) is 5.91 Å². The standard InChI is InChI=1S/C16H24N6O2/c1-2-3-6-15-18-14(21-24-15)10-22-7-4-5-11(9-22)12-8-13(16(17)23)20-19-12/h8,11H,2-7,9-10H2,1H3,(H2,17,23)(H,19,20). The lowest BCUT2D eigenvalue weighted by molar-refractivity contribution is 0.0995. The van der Waals surface area contributed by atoms with Crippen molar-refractivity contribution >= 4 is 5.91 Å². The van der Waals surface area contributed by atoms with Gasteiger partial charge in [-0.1, -0.05) is 18.5 Å². The maximum Gasteiger partial charge on any atom is 0.269 e. The third-order valence-corrected chi connectivity index (χ3v) is 4.41. The summed E-state index contributed by atoms with van der Waals surface area (Å²) >= 11 is 0. The number of carbonyl (C=O) groups excluding carboxylic acids is 1. The van der Waals surface area contributed by atoms with Gasteiger partial charge < -0.3 is 10.3 Å². The summed E-state index contributed by atoms with van der Waals surface area (Å²) in [6.45, 7) is 4.71. The van der Waals surface area contributed by atoms with Crippen molar-refractivity contribution in [3.05, 3.63) is 29.2 Å². The van der Waals surface area contributed by atoms with Gasteiger partial charge in [-0.25, -0.2) is 0 Å². The predicted octanol–water partition coefficient (Wildman–Crippen LogP) is 1.61. The van der Waals surface area contributed by atoms with Gasteiger partial charge in [-0.15, -0.1) is 0 Å². The Morgan fingerprint density at radius 3 is 3.17 bits per heavy atom. The lowest BCUT2D eigenvalue weighted by Crippen LogP contribution is -2.34. The van der Waals surface area contributed by atoms with Crippen molar-refractivity contribution < 1.29 is 9.32 Å². The topological polar surface area (TPSA) is 114 Å². The van der Waals surface area contributed by atoms with Crippen LogP contribution in [0.15, 0.2) is 10.6 Å². The molecule has 1 aliphatic heterocycles. The molecule has 0 bridgehead atoms. The van der Waals surface area contributed by atoms with Gasteiger partial charge in [-0.2, -0.15) is 10.1 Å². The molecule has 3 N–H and O–H groups in total. The van der Waals surface area contributed by atoms with Crippen LogP contribution < -0.4 is 5.73 Å². The van der Waals surface area contributed by atoms with Gasteiger partial charge in [-0.05, 0) is 31.9 Å². The molecule has 1 amide bonds. The summed E-state index contributed by atoms with van der Waals surface area (Å²) in [5.41, 5.74) is 6.52. The fraction of sp³-hybridized carbons (Fsp3) is 0.625. The number of likely N-dealkylation sites (tertiary alicyclic amines) is 1.